The van der Waals surface area contributed by atoms with E-state index in [1.807, 2.05) is 0 Å². The van der Waals surface area contributed by atoms with Crippen LogP contribution in [0, 0.1) is 0 Å². The number of hydrogen-bond donors (Lipinski definition) is 1. The molecule has 0 saturated carbocycles. The van der Waals surface area contributed by atoms with E-state index in [2.05, 4.69) is 41.5 Å². The second-order valence-corrected chi connectivity index (χ2v) is 5.69. The van der Waals surface area contributed by atoms with Crippen molar-refractivity contribution in [2.75, 3.05) is 33.9 Å². The molecule has 1 N–H and O–H groups in total. The Morgan fingerprint density at radius 3 is 3.05 bits per heavy atom. The number of ether oxygens (including phenoxy) is 1. The van der Waals surface area contributed by atoms with Crippen molar-refractivity contribution >= 4 is 10.9 Å². The van der Waals surface area contributed by atoms with Gasteiger partial charge in [0.15, 0.2) is 0 Å². The van der Waals surface area contributed by atoms with Crippen LogP contribution in [-0.2, 0) is 24.2 Å². The summed E-state index contributed by atoms with van der Waals surface area (Å²) in [5.74, 6) is 0. The van der Waals surface area contributed by atoms with Crippen LogP contribution in [0.2, 0.25) is 0 Å². The Kier molecular flexibility index (Phi) is 4.48. The van der Waals surface area contributed by atoms with E-state index >= 15 is 0 Å². The molecule has 1 aromatic heterocycles. The molecule has 0 aliphatic carbocycles. The van der Waals surface area contributed by atoms with Gasteiger partial charge in [0.05, 0.1) is 12.1 Å². The minimum atomic E-state index is 0.741. The molecule has 0 amide bonds. The number of benzene rings is 1. The highest BCUT2D eigenvalue weighted by molar-refractivity contribution is 5.83. The van der Waals surface area contributed by atoms with Crippen molar-refractivity contribution in [2.45, 2.75) is 19.5 Å². The van der Waals surface area contributed by atoms with Gasteiger partial charge >= 0.3 is 0 Å². The highest BCUT2D eigenvalue weighted by Gasteiger charge is 2.20. The number of nitrogens with one attached hydrogen (secondary N) is 1. The van der Waals surface area contributed by atoms with E-state index in [0.29, 0.717) is 0 Å². The van der Waals surface area contributed by atoms with Crippen molar-refractivity contribution in [3.05, 3.63) is 41.1 Å². The first-order valence-electron chi connectivity index (χ1n) is 7.57. The molecule has 0 atom stereocenters. The molecule has 2 heterocycles. The van der Waals surface area contributed by atoms with E-state index in [9.17, 15) is 0 Å². The van der Waals surface area contributed by atoms with Crippen molar-refractivity contribution < 1.29 is 4.74 Å². The highest BCUT2D eigenvalue weighted by Crippen LogP contribution is 2.27. The second kappa shape index (κ2) is 6.52. The van der Waals surface area contributed by atoms with Crippen LogP contribution in [-0.4, -0.2) is 43.7 Å². The number of fused-ring (bicyclic) bond motifs is 2. The third-order valence-corrected chi connectivity index (χ3v) is 4.14. The molecule has 3 rings (SSSR count). The Labute approximate surface area is 126 Å². The fourth-order valence-electron chi connectivity index (χ4n) is 3.00. The second-order valence-electron chi connectivity index (χ2n) is 5.69. The number of methoxy groups -OCH3 is 1. The fraction of sp³-hybridized carbons (Fsp3) is 0.471. The van der Waals surface area contributed by atoms with E-state index < -0.39 is 0 Å². The quantitative estimate of drug-likeness (QED) is 0.852. The molecule has 4 nitrogen and oxygen atoms in total. The number of aromatic nitrogens is 1. The third kappa shape index (κ3) is 3.07. The van der Waals surface area contributed by atoms with Crippen molar-refractivity contribution in [2.24, 2.45) is 0 Å². The van der Waals surface area contributed by atoms with Crippen LogP contribution < -0.4 is 5.32 Å². The zero-order chi connectivity index (χ0) is 14.7. The van der Waals surface area contributed by atoms with E-state index in [1.165, 1.54) is 22.2 Å². The zero-order valence-electron chi connectivity index (χ0n) is 12.9. The first-order chi connectivity index (χ1) is 10.3. The molecule has 112 valence electrons. The summed E-state index contributed by atoms with van der Waals surface area (Å²) in [6.45, 7) is 4.58. The van der Waals surface area contributed by atoms with Gasteiger partial charge in [0.1, 0.15) is 0 Å². The molecule has 0 unspecified atom stereocenters. The smallest absolute Gasteiger partial charge is 0.0708 e. The minimum absolute atomic E-state index is 0.741. The molecule has 1 aliphatic heterocycles. The SMILES string of the molecule is COCCNCc1c2c(nc3ccccc13)CCN(C)C2. The lowest BCUT2D eigenvalue weighted by molar-refractivity contribution is 0.199. The molecule has 0 bridgehead atoms. The summed E-state index contributed by atoms with van der Waals surface area (Å²) in [6.07, 6.45) is 1.04. The number of rotatable bonds is 5. The van der Waals surface area contributed by atoms with Crippen LogP contribution in [0.5, 0.6) is 0 Å². The number of para-hydroxylation sites is 1. The summed E-state index contributed by atoms with van der Waals surface area (Å²) in [5, 5.41) is 4.76. The molecule has 0 fully saturated rings. The molecule has 0 spiro atoms. The Hall–Kier alpha value is -1.49. The topological polar surface area (TPSA) is 37.4 Å². The maximum atomic E-state index is 5.11. The van der Waals surface area contributed by atoms with Gasteiger partial charge in [-0.05, 0) is 24.2 Å². The van der Waals surface area contributed by atoms with Crippen LogP contribution in [0.25, 0.3) is 10.9 Å². The van der Waals surface area contributed by atoms with Crippen molar-refractivity contribution in [3.63, 3.8) is 0 Å². The molecule has 0 radical (unpaired) electrons. The summed E-state index contributed by atoms with van der Waals surface area (Å²) in [6, 6.07) is 8.47. The van der Waals surface area contributed by atoms with Gasteiger partial charge in [-0.15, -0.1) is 0 Å². The largest absolute Gasteiger partial charge is 0.383 e. The Morgan fingerprint density at radius 2 is 2.19 bits per heavy atom. The molecule has 1 aliphatic rings. The Balaban J connectivity index is 1.98. The Morgan fingerprint density at radius 1 is 1.33 bits per heavy atom. The lowest BCUT2D eigenvalue weighted by Crippen LogP contribution is -2.30. The average Bonchev–Trinajstić information content (AvgIpc) is 2.51. The van der Waals surface area contributed by atoms with Crippen molar-refractivity contribution in [3.8, 4) is 0 Å². The average molecular weight is 285 g/mol. The molecule has 21 heavy (non-hydrogen) atoms. The summed E-state index contributed by atoms with van der Waals surface area (Å²) >= 11 is 0. The summed E-state index contributed by atoms with van der Waals surface area (Å²) in [7, 11) is 3.92. The number of likely N-dealkylation sites (N-methyl/N-ethyl adjacent to an activating group) is 1. The first-order valence-corrected chi connectivity index (χ1v) is 7.57. The normalized spacial score (nSPS) is 15.3. The first kappa shape index (κ1) is 14.4. The van der Waals surface area contributed by atoms with Gasteiger partial charge in [-0.25, -0.2) is 0 Å². The van der Waals surface area contributed by atoms with Gasteiger partial charge in [-0.2, -0.15) is 0 Å². The lowest BCUT2D eigenvalue weighted by Gasteiger charge is -2.27. The van der Waals surface area contributed by atoms with Gasteiger partial charge in [0.25, 0.3) is 0 Å². The molecular formula is C17H23N3O. The van der Waals surface area contributed by atoms with Crippen LogP contribution in [0.15, 0.2) is 24.3 Å². The molecule has 2 aromatic rings. The molecule has 0 saturated heterocycles. The van der Waals surface area contributed by atoms with Crippen LogP contribution >= 0.6 is 0 Å². The standard InChI is InChI=1S/C17H23N3O/c1-20-9-7-17-15(12-20)14(11-18-8-10-21-2)13-5-3-4-6-16(13)19-17/h3-6,18H,7-12H2,1-2H3. The van der Waals surface area contributed by atoms with E-state index in [-0.39, 0.29) is 0 Å². The summed E-state index contributed by atoms with van der Waals surface area (Å²) in [4.78, 5) is 7.25. The van der Waals surface area contributed by atoms with Crippen molar-refractivity contribution in [1.82, 2.24) is 15.2 Å². The van der Waals surface area contributed by atoms with Gasteiger partial charge < -0.3 is 15.0 Å². The predicted octanol–water partition coefficient (Wildman–Crippen LogP) is 1.96. The monoisotopic (exact) mass is 285 g/mol. The summed E-state index contributed by atoms with van der Waals surface area (Å²) in [5.41, 5.74) is 5.20. The maximum Gasteiger partial charge on any atom is 0.0708 e. The van der Waals surface area contributed by atoms with Gasteiger partial charge in [0, 0.05) is 50.8 Å². The minimum Gasteiger partial charge on any atom is -0.383 e. The maximum absolute atomic E-state index is 5.11. The third-order valence-electron chi connectivity index (χ3n) is 4.14. The number of pyridine rings is 1. The Bertz CT molecular complexity index is 627. The molecule has 4 heteroatoms. The van der Waals surface area contributed by atoms with Crippen LogP contribution in [0.4, 0.5) is 0 Å². The zero-order valence-corrected chi connectivity index (χ0v) is 12.9. The van der Waals surface area contributed by atoms with E-state index in [1.54, 1.807) is 7.11 Å². The number of hydrogen-bond acceptors (Lipinski definition) is 4. The predicted molar refractivity (Wildman–Crippen MR) is 85.4 cm³/mol. The number of nitrogens with zero attached hydrogens (tertiary/aromatic N) is 2. The molecular weight excluding hydrogens is 262 g/mol. The fourth-order valence-corrected chi connectivity index (χ4v) is 3.00. The van der Waals surface area contributed by atoms with E-state index in [4.69, 9.17) is 9.72 Å². The summed E-state index contributed by atoms with van der Waals surface area (Å²) < 4.78 is 5.11. The lowest BCUT2D eigenvalue weighted by atomic mass is 9.96. The van der Waals surface area contributed by atoms with Crippen molar-refractivity contribution in [1.29, 1.82) is 0 Å². The van der Waals surface area contributed by atoms with Gasteiger partial charge in [0.2, 0.25) is 0 Å². The van der Waals surface area contributed by atoms with Gasteiger partial charge in [-0.1, -0.05) is 18.2 Å². The van der Waals surface area contributed by atoms with Crippen LogP contribution in [0.1, 0.15) is 16.8 Å². The highest BCUT2D eigenvalue weighted by atomic mass is 16.5. The molecule has 1 aromatic carbocycles. The van der Waals surface area contributed by atoms with Crippen LogP contribution in [0.3, 0.4) is 0 Å². The van der Waals surface area contributed by atoms with E-state index in [0.717, 1.165) is 44.7 Å². The van der Waals surface area contributed by atoms with Gasteiger partial charge in [-0.3, -0.25) is 4.98 Å².